The van der Waals surface area contributed by atoms with Gasteiger partial charge in [0.2, 0.25) is 0 Å². The monoisotopic (exact) mass is 265 g/mol. The van der Waals surface area contributed by atoms with E-state index in [1.54, 1.807) is 11.3 Å². The normalized spacial score (nSPS) is 14.7. The van der Waals surface area contributed by atoms with Gasteiger partial charge >= 0.3 is 0 Å². The molecule has 18 heavy (non-hydrogen) atoms. The SMILES string of the molecule is Cc1c(C(C)NCC(O)c2ccsc2)cnn1C. The molecule has 98 valence electrons. The van der Waals surface area contributed by atoms with E-state index in [2.05, 4.69) is 24.3 Å². The molecular formula is C13H19N3OS. The van der Waals surface area contributed by atoms with E-state index in [0.29, 0.717) is 6.54 Å². The molecule has 0 amide bonds. The van der Waals surface area contributed by atoms with E-state index in [0.717, 1.165) is 11.3 Å². The van der Waals surface area contributed by atoms with Crippen LogP contribution in [-0.4, -0.2) is 21.4 Å². The summed E-state index contributed by atoms with van der Waals surface area (Å²) in [7, 11) is 1.94. The van der Waals surface area contributed by atoms with E-state index >= 15 is 0 Å². The Balaban J connectivity index is 1.92. The van der Waals surface area contributed by atoms with Crippen LogP contribution in [0.3, 0.4) is 0 Å². The summed E-state index contributed by atoms with van der Waals surface area (Å²) in [5.41, 5.74) is 3.30. The average Bonchev–Trinajstić information content (AvgIpc) is 2.98. The second-order valence-corrected chi connectivity index (χ2v) is 5.29. The fraction of sp³-hybridized carbons (Fsp3) is 0.462. The first-order valence-electron chi connectivity index (χ1n) is 6.01. The minimum absolute atomic E-state index is 0.187. The second kappa shape index (κ2) is 5.65. The van der Waals surface area contributed by atoms with E-state index in [9.17, 15) is 5.11 Å². The molecule has 2 rings (SSSR count). The number of aliphatic hydroxyl groups is 1. The molecule has 0 aromatic carbocycles. The number of hydrogen-bond acceptors (Lipinski definition) is 4. The Bertz CT molecular complexity index is 492. The van der Waals surface area contributed by atoms with Crippen LogP contribution in [0.5, 0.6) is 0 Å². The van der Waals surface area contributed by atoms with Crippen LogP contribution >= 0.6 is 11.3 Å². The Morgan fingerprint density at radius 2 is 2.33 bits per heavy atom. The molecule has 0 fully saturated rings. The zero-order chi connectivity index (χ0) is 13.1. The molecule has 0 aliphatic carbocycles. The minimum Gasteiger partial charge on any atom is -0.387 e. The van der Waals surface area contributed by atoms with Crippen LogP contribution in [0.25, 0.3) is 0 Å². The molecule has 0 bridgehead atoms. The lowest BCUT2D eigenvalue weighted by molar-refractivity contribution is 0.171. The number of aryl methyl sites for hydroxylation is 1. The highest BCUT2D eigenvalue weighted by molar-refractivity contribution is 7.07. The van der Waals surface area contributed by atoms with Gasteiger partial charge in [-0.2, -0.15) is 16.4 Å². The number of aliphatic hydroxyl groups excluding tert-OH is 1. The lowest BCUT2D eigenvalue weighted by Gasteiger charge is -2.16. The number of thiophene rings is 1. The third-order valence-electron chi connectivity index (χ3n) is 3.29. The van der Waals surface area contributed by atoms with Gasteiger partial charge in [-0.15, -0.1) is 0 Å². The third-order valence-corrected chi connectivity index (χ3v) is 3.99. The van der Waals surface area contributed by atoms with Crippen LogP contribution in [0.4, 0.5) is 0 Å². The van der Waals surface area contributed by atoms with Crippen LogP contribution in [0.15, 0.2) is 23.0 Å². The largest absolute Gasteiger partial charge is 0.387 e. The Hall–Kier alpha value is -1.17. The van der Waals surface area contributed by atoms with Crippen molar-refractivity contribution < 1.29 is 5.11 Å². The number of nitrogens with zero attached hydrogens (tertiary/aromatic N) is 2. The Labute approximate surface area is 111 Å². The van der Waals surface area contributed by atoms with Crippen molar-refractivity contribution in [3.63, 3.8) is 0 Å². The van der Waals surface area contributed by atoms with Crippen molar-refractivity contribution >= 4 is 11.3 Å². The summed E-state index contributed by atoms with van der Waals surface area (Å²) in [6, 6.07) is 2.14. The van der Waals surface area contributed by atoms with Gasteiger partial charge in [0.25, 0.3) is 0 Å². The van der Waals surface area contributed by atoms with Crippen LogP contribution in [0, 0.1) is 6.92 Å². The highest BCUT2D eigenvalue weighted by Crippen LogP contribution is 2.19. The zero-order valence-electron chi connectivity index (χ0n) is 10.9. The van der Waals surface area contributed by atoms with Gasteiger partial charge in [-0.05, 0) is 36.2 Å². The summed E-state index contributed by atoms with van der Waals surface area (Å²) in [5, 5.41) is 21.5. The van der Waals surface area contributed by atoms with Gasteiger partial charge in [0.05, 0.1) is 12.3 Å². The summed E-state index contributed by atoms with van der Waals surface area (Å²) in [5.74, 6) is 0. The van der Waals surface area contributed by atoms with Crippen molar-refractivity contribution in [1.29, 1.82) is 0 Å². The lowest BCUT2D eigenvalue weighted by Crippen LogP contribution is -2.24. The molecule has 0 aliphatic rings. The molecule has 2 atom stereocenters. The molecule has 0 aliphatic heterocycles. The summed E-state index contributed by atoms with van der Waals surface area (Å²) in [6.45, 7) is 4.69. The van der Waals surface area contributed by atoms with Gasteiger partial charge in [0.15, 0.2) is 0 Å². The van der Waals surface area contributed by atoms with Gasteiger partial charge in [0.1, 0.15) is 0 Å². The molecule has 2 unspecified atom stereocenters. The van der Waals surface area contributed by atoms with Crippen LogP contribution in [0.2, 0.25) is 0 Å². The third kappa shape index (κ3) is 2.80. The molecule has 2 N–H and O–H groups in total. The van der Waals surface area contributed by atoms with E-state index in [1.165, 1.54) is 5.56 Å². The predicted octanol–water partition coefficient (Wildman–Crippen LogP) is 2.17. The standard InChI is InChI=1S/C13H19N3OS/c1-9(12-6-15-16(3)10(12)2)14-7-13(17)11-4-5-18-8-11/h4-6,8-9,13-14,17H,7H2,1-3H3. The Morgan fingerprint density at radius 1 is 1.56 bits per heavy atom. The highest BCUT2D eigenvalue weighted by Gasteiger charge is 2.14. The van der Waals surface area contributed by atoms with Gasteiger partial charge < -0.3 is 10.4 Å². The number of rotatable bonds is 5. The van der Waals surface area contributed by atoms with Crippen molar-refractivity contribution in [3.8, 4) is 0 Å². The van der Waals surface area contributed by atoms with Crippen molar-refractivity contribution in [2.75, 3.05) is 6.54 Å². The predicted molar refractivity (Wildman–Crippen MR) is 73.6 cm³/mol. The van der Waals surface area contributed by atoms with Gasteiger partial charge in [-0.1, -0.05) is 0 Å². The van der Waals surface area contributed by atoms with E-state index in [1.807, 2.05) is 34.8 Å². The maximum absolute atomic E-state index is 10.0. The van der Waals surface area contributed by atoms with E-state index in [-0.39, 0.29) is 6.04 Å². The number of hydrogen-bond donors (Lipinski definition) is 2. The van der Waals surface area contributed by atoms with Crippen molar-refractivity contribution in [1.82, 2.24) is 15.1 Å². The first-order chi connectivity index (χ1) is 8.59. The molecule has 5 heteroatoms. The van der Waals surface area contributed by atoms with Crippen molar-refractivity contribution in [2.45, 2.75) is 26.0 Å². The van der Waals surface area contributed by atoms with Crippen molar-refractivity contribution in [3.05, 3.63) is 39.8 Å². The van der Waals surface area contributed by atoms with Gasteiger partial charge in [0, 0.05) is 30.9 Å². The zero-order valence-corrected chi connectivity index (χ0v) is 11.7. The molecular weight excluding hydrogens is 246 g/mol. The summed E-state index contributed by atoms with van der Waals surface area (Å²) in [6.07, 6.45) is 1.43. The molecule has 0 saturated heterocycles. The Kier molecular flexibility index (Phi) is 4.16. The molecule has 0 saturated carbocycles. The van der Waals surface area contributed by atoms with Crippen molar-refractivity contribution in [2.24, 2.45) is 7.05 Å². The topological polar surface area (TPSA) is 50.1 Å². The summed E-state index contributed by atoms with van der Waals surface area (Å²) in [4.78, 5) is 0. The van der Waals surface area contributed by atoms with E-state index in [4.69, 9.17) is 0 Å². The minimum atomic E-state index is -0.448. The lowest BCUT2D eigenvalue weighted by atomic mass is 10.1. The highest BCUT2D eigenvalue weighted by atomic mass is 32.1. The molecule has 4 nitrogen and oxygen atoms in total. The molecule has 0 radical (unpaired) electrons. The maximum Gasteiger partial charge on any atom is 0.0922 e. The average molecular weight is 265 g/mol. The maximum atomic E-state index is 10.0. The van der Waals surface area contributed by atoms with Gasteiger partial charge in [-0.25, -0.2) is 0 Å². The number of nitrogens with one attached hydrogen (secondary N) is 1. The van der Waals surface area contributed by atoms with E-state index < -0.39 is 6.10 Å². The smallest absolute Gasteiger partial charge is 0.0922 e. The molecule has 0 spiro atoms. The molecule has 2 aromatic rings. The summed E-state index contributed by atoms with van der Waals surface area (Å²) >= 11 is 1.60. The van der Waals surface area contributed by atoms with Crippen LogP contribution in [0.1, 0.15) is 35.9 Å². The number of aromatic nitrogens is 2. The Morgan fingerprint density at radius 3 is 2.89 bits per heavy atom. The second-order valence-electron chi connectivity index (χ2n) is 4.51. The molecule has 2 heterocycles. The van der Waals surface area contributed by atoms with Crippen LogP contribution in [-0.2, 0) is 7.05 Å². The first kappa shape index (κ1) is 13.3. The molecule has 2 aromatic heterocycles. The van der Waals surface area contributed by atoms with Gasteiger partial charge in [-0.3, -0.25) is 4.68 Å². The fourth-order valence-corrected chi connectivity index (χ4v) is 2.63. The van der Waals surface area contributed by atoms with Crippen LogP contribution < -0.4 is 5.32 Å². The first-order valence-corrected chi connectivity index (χ1v) is 6.96. The summed E-state index contributed by atoms with van der Waals surface area (Å²) < 4.78 is 1.86. The quantitative estimate of drug-likeness (QED) is 0.871. The fourth-order valence-electron chi connectivity index (χ4n) is 1.92.